The molecule has 112 valence electrons. The topological polar surface area (TPSA) is 29.5 Å². The minimum Gasteiger partial charge on any atom is -0.496 e. The van der Waals surface area contributed by atoms with Crippen LogP contribution in [0, 0.1) is 5.82 Å². The van der Waals surface area contributed by atoms with Crippen molar-refractivity contribution in [3.05, 3.63) is 62.8 Å². The highest BCUT2D eigenvalue weighted by atomic mass is 79.9. The van der Waals surface area contributed by atoms with Crippen molar-refractivity contribution in [2.75, 3.05) is 7.11 Å². The lowest BCUT2D eigenvalue weighted by molar-refractivity contribution is 0.173. The molecule has 0 aliphatic carbocycles. The summed E-state index contributed by atoms with van der Waals surface area (Å²) < 4.78 is 19.9. The van der Waals surface area contributed by atoms with Crippen LogP contribution in [0.25, 0.3) is 0 Å². The van der Waals surface area contributed by atoms with Crippen LogP contribution >= 0.6 is 27.5 Å². The van der Waals surface area contributed by atoms with Crippen molar-refractivity contribution >= 4 is 27.5 Å². The number of aliphatic hydroxyl groups is 1. The summed E-state index contributed by atoms with van der Waals surface area (Å²) in [5, 5.41) is 10.5. The fourth-order valence-corrected chi connectivity index (χ4v) is 2.84. The van der Waals surface area contributed by atoms with Gasteiger partial charge < -0.3 is 9.84 Å². The van der Waals surface area contributed by atoms with Gasteiger partial charge in [0, 0.05) is 27.9 Å². The van der Waals surface area contributed by atoms with Crippen molar-refractivity contribution in [1.82, 2.24) is 0 Å². The zero-order valence-electron chi connectivity index (χ0n) is 11.4. The van der Waals surface area contributed by atoms with Crippen LogP contribution in [0.3, 0.4) is 0 Å². The summed E-state index contributed by atoms with van der Waals surface area (Å²) in [6.45, 7) is 0. The van der Waals surface area contributed by atoms with Gasteiger partial charge in [0.1, 0.15) is 11.6 Å². The Morgan fingerprint density at radius 3 is 2.71 bits per heavy atom. The van der Waals surface area contributed by atoms with Crippen molar-refractivity contribution in [3.8, 4) is 5.75 Å². The molecule has 1 N–H and O–H groups in total. The zero-order chi connectivity index (χ0) is 15.4. The van der Waals surface area contributed by atoms with Crippen molar-refractivity contribution in [2.24, 2.45) is 0 Å². The maximum Gasteiger partial charge on any atom is 0.127 e. The van der Waals surface area contributed by atoms with E-state index in [2.05, 4.69) is 15.9 Å². The average molecular weight is 374 g/mol. The maximum atomic E-state index is 13.7. The molecule has 0 aliphatic rings. The lowest BCUT2D eigenvalue weighted by atomic mass is 10.0. The third-order valence-corrected chi connectivity index (χ3v) is 4.05. The zero-order valence-corrected chi connectivity index (χ0v) is 13.8. The van der Waals surface area contributed by atoms with Crippen LogP contribution in [-0.4, -0.2) is 18.3 Å². The maximum absolute atomic E-state index is 13.7. The van der Waals surface area contributed by atoms with Crippen molar-refractivity contribution in [3.63, 3.8) is 0 Å². The van der Waals surface area contributed by atoms with E-state index in [1.54, 1.807) is 19.2 Å². The number of aliphatic hydroxyl groups excluding tert-OH is 1. The Morgan fingerprint density at radius 2 is 2.05 bits per heavy atom. The van der Waals surface area contributed by atoms with E-state index in [9.17, 15) is 9.50 Å². The highest BCUT2D eigenvalue weighted by Gasteiger charge is 2.15. The quantitative estimate of drug-likeness (QED) is 0.842. The third-order valence-electron chi connectivity index (χ3n) is 3.20. The van der Waals surface area contributed by atoms with Crippen molar-refractivity contribution in [2.45, 2.75) is 18.9 Å². The van der Waals surface area contributed by atoms with Gasteiger partial charge in [-0.15, -0.1) is 0 Å². The molecule has 0 saturated heterocycles. The number of hydrogen-bond donors (Lipinski definition) is 1. The van der Waals surface area contributed by atoms with Gasteiger partial charge in [0.15, 0.2) is 0 Å². The Bertz CT molecular complexity index is 613. The van der Waals surface area contributed by atoms with E-state index in [4.69, 9.17) is 16.3 Å². The molecular weight excluding hydrogens is 359 g/mol. The van der Waals surface area contributed by atoms with Gasteiger partial charge in [-0.05, 0) is 35.9 Å². The summed E-state index contributed by atoms with van der Waals surface area (Å²) in [5.74, 6) is 0.291. The number of rotatable bonds is 5. The summed E-state index contributed by atoms with van der Waals surface area (Å²) >= 11 is 9.36. The molecule has 2 nitrogen and oxygen atoms in total. The second-order valence-electron chi connectivity index (χ2n) is 4.72. The van der Waals surface area contributed by atoms with E-state index in [-0.39, 0.29) is 6.42 Å². The van der Waals surface area contributed by atoms with Gasteiger partial charge in [0.05, 0.1) is 13.2 Å². The molecule has 0 aromatic heterocycles. The van der Waals surface area contributed by atoms with Crippen LogP contribution in [0.15, 0.2) is 40.9 Å². The highest BCUT2D eigenvalue weighted by molar-refractivity contribution is 9.10. The molecular formula is C16H15BrClFO2. The smallest absolute Gasteiger partial charge is 0.127 e. The Labute approximate surface area is 136 Å². The Morgan fingerprint density at radius 1 is 1.29 bits per heavy atom. The SMILES string of the molecule is COc1ccc(Br)cc1CC(O)Cc1c(F)cccc1Cl. The molecule has 0 bridgehead atoms. The minimum absolute atomic E-state index is 0.154. The largest absolute Gasteiger partial charge is 0.496 e. The third kappa shape index (κ3) is 4.19. The highest BCUT2D eigenvalue weighted by Crippen LogP contribution is 2.26. The number of hydrogen-bond acceptors (Lipinski definition) is 2. The Kier molecular flexibility index (Phi) is 5.62. The molecule has 0 aliphatic heterocycles. The van der Waals surface area contributed by atoms with Crippen LogP contribution < -0.4 is 4.74 Å². The molecule has 0 heterocycles. The summed E-state index contributed by atoms with van der Waals surface area (Å²) in [7, 11) is 1.58. The van der Waals surface area contributed by atoms with Gasteiger partial charge in [-0.1, -0.05) is 33.6 Å². The van der Waals surface area contributed by atoms with Gasteiger partial charge in [-0.2, -0.15) is 0 Å². The first-order valence-corrected chi connectivity index (χ1v) is 7.61. The molecule has 0 spiro atoms. The number of ether oxygens (including phenoxy) is 1. The second-order valence-corrected chi connectivity index (χ2v) is 6.04. The molecule has 0 amide bonds. The van der Waals surface area contributed by atoms with Gasteiger partial charge in [-0.3, -0.25) is 0 Å². The predicted octanol–water partition coefficient (Wildman–Crippen LogP) is 4.40. The lowest BCUT2D eigenvalue weighted by Crippen LogP contribution is -2.15. The van der Waals surface area contributed by atoms with Crippen molar-refractivity contribution in [1.29, 1.82) is 0 Å². The summed E-state index contributed by atoms with van der Waals surface area (Å²) in [4.78, 5) is 0. The average Bonchev–Trinajstić information content (AvgIpc) is 2.43. The number of methoxy groups -OCH3 is 1. The molecule has 1 unspecified atom stereocenters. The second kappa shape index (κ2) is 7.25. The normalized spacial score (nSPS) is 12.2. The minimum atomic E-state index is -0.748. The molecule has 5 heteroatoms. The van der Waals surface area contributed by atoms with E-state index in [1.807, 2.05) is 18.2 Å². The monoisotopic (exact) mass is 372 g/mol. The number of halogens is 3. The van der Waals surface area contributed by atoms with E-state index in [0.717, 1.165) is 10.0 Å². The first-order valence-electron chi connectivity index (χ1n) is 6.44. The number of benzene rings is 2. The van der Waals surface area contributed by atoms with Gasteiger partial charge in [0.2, 0.25) is 0 Å². The van der Waals surface area contributed by atoms with Gasteiger partial charge in [0.25, 0.3) is 0 Å². The first kappa shape index (κ1) is 16.3. The molecule has 2 aromatic carbocycles. The lowest BCUT2D eigenvalue weighted by Gasteiger charge is -2.15. The van der Waals surface area contributed by atoms with Crippen molar-refractivity contribution < 1.29 is 14.2 Å². The molecule has 0 fully saturated rings. The fourth-order valence-electron chi connectivity index (χ4n) is 2.20. The standard InChI is InChI=1S/C16H15BrClFO2/c1-21-16-6-5-11(17)7-10(16)8-12(20)9-13-14(18)3-2-4-15(13)19/h2-7,12,20H,8-9H2,1H3. The van der Waals surface area contributed by atoms with Crippen LogP contribution in [0.1, 0.15) is 11.1 Å². The molecule has 2 aromatic rings. The van der Waals surface area contributed by atoms with E-state index in [1.165, 1.54) is 6.07 Å². The molecule has 2 rings (SSSR count). The van der Waals surface area contributed by atoms with Gasteiger partial charge in [-0.25, -0.2) is 4.39 Å². The molecule has 0 radical (unpaired) electrons. The molecule has 0 saturated carbocycles. The Hall–Kier alpha value is -1.10. The molecule has 1 atom stereocenters. The fraction of sp³-hybridized carbons (Fsp3) is 0.250. The first-order chi connectivity index (χ1) is 10.0. The van der Waals surface area contributed by atoms with Crippen LogP contribution in [0.4, 0.5) is 4.39 Å². The van der Waals surface area contributed by atoms with E-state index >= 15 is 0 Å². The Balaban J connectivity index is 2.15. The predicted molar refractivity (Wildman–Crippen MR) is 85.5 cm³/mol. The summed E-state index contributed by atoms with van der Waals surface area (Å²) in [6, 6.07) is 10.1. The van der Waals surface area contributed by atoms with E-state index in [0.29, 0.717) is 22.8 Å². The molecule has 21 heavy (non-hydrogen) atoms. The van der Waals surface area contributed by atoms with E-state index < -0.39 is 11.9 Å². The van der Waals surface area contributed by atoms with Gasteiger partial charge >= 0.3 is 0 Å². The summed E-state index contributed by atoms with van der Waals surface area (Å²) in [6.07, 6.45) is -0.239. The van der Waals surface area contributed by atoms with Crippen LogP contribution in [0.5, 0.6) is 5.75 Å². The van der Waals surface area contributed by atoms with Crippen LogP contribution in [-0.2, 0) is 12.8 Å². The summed E-state index contributed by atoms with van der Waals surface area (Å²) in [5.41, 5.74) is 1.19. The van der Waals surface area contributed by atoms with Crippen LogP contribution in [0.2, 0.25) is 5.02 Å².